The van der Waals surface area contributed by atoms with Crippen molar-refractivity contribution in [2.24, 2.45) is 0 Å². The van der Waals surface area contributed by atoms with Gasteiger partial charge in [0.1, 0.15) is 0 Å². The van der Waals surface area contributed by atoms with Gasteiger partial charge in [-0.15, -0.1) is 0 Å². The quantitative estimate of drug-likeness (QED) is 0.707. The molecule has 0 spiro atoms. The molecule has 0 bridgehead atoms. The summed E-state index contributed by atoms with van der Waals surface area (Å²) >= 11 is 0. The number of hydrogen-bond acceptors (Lipinski definition) is 2. The molecule has 146 valence electrons. The highest BCUT2D eigenvalue weighted by Crippen LogP contribution is 2.29. The van der Waals surface area contributed by atoms with Gasteiger partial charge < -0.3 is 5.32 Å². The van der Waals surface area contributed by atoms with Crippen LogP contribution in [0.5, 0.6) is 0 Å². The summed E-state index contributed by atoms with van der Waals surface area (Å²) in [7, 11) is 0. The van der Waals surface area contributed by atoms with Crippen LogP contribution in [0.4, 0.5) is 13.2 Å². The molecule has 3 rings (SSSR count). The second kappa shape index (κ2) is 7.88. The maximum atomic E-state index is 12.8. The number of aryl methyl sites for hydroxylation is 1. The molecule has 0 radical (unpaired) electrons. The molecule has 0 saturated heterocycles. The van der Waals surface area contributed by atoms with Crippen LogP contribution in [0.2, 0.25) is 0 Å². The molecule has 1 amide bonds. The zero-order valence-electron chi connectivity index (χ0n) is 15.5. The molecule has 4 nitrogen and oxygen atoms in total. The molecular formula is C21H20F3N3O. The van der Waals surface area contributed by atoms with Crippen molar-refractivity contribution in [1.29, 1.82) is 0 Å². The van der Waals surface area contributed by atoms with E-state index < -0.39 is 11.7 Å². The number of nitrogens with zero attached hydrogens (tertiary/aromatic N) is 2. The van der Waals surface area contributed by atoms with Crippen LogP contribution in [0, 0.1) is 13.8 Å². The van der Waals surface area contributed by atoms with Crippen LogP contribution in [0.1, 0.15) is 28.1 Å². The van der Waals surface area contributed by atoms with E-state index in [1.54, 1.807) is 0 Å². The number of alkyl halides is 3. The minimum atomic E-state index is -4.42. The largest absolute Gasteiger partial charge is 0.416 e. The van der Waals surface area contributed by atoms with Gasteiger partial charge in [0.2, 0.25) is 5.91 Å². The number of hydrogen-bond donors (Lipinski definition) is 1. The first-order chi connectivity index (χ1) is 13.3. The zero-order chi connectivity index (χ0) is 20.3. The summed E-state index contributed by atoms with van der Waals surface area (Å²) in [6.07, 6.45) is -4.54. The van der Waals surface area contributed by atoms with Gasteiger partial charge in [0.25, 0.3) is 0 Å². The molecule has 0 aliphatic heterocycles. The highest BCUT2D eigenvalue weighted by atomic mass is 19.4. The van der Waals surface area contributed by atoms with Gasteiger partial charge >= 0.3 is 6.18 Å². The van der Waals surface area contributed by atoms with E-state index in [1.807, 2.05) is 48.9 Å². The number of carbonyl (C=O) groups is 1. The summed E-state index contributed by atoms with van der Waals surface area (Å²) in [6.45, 7) is 4.05. The predicted molar refractivity (Wildman–Crippen MR) is 100 cm³/mol. The zero-order valence-corrected chi connectivity index (χ0v) is 15.5. The van der Waals surface area contributed by atoms with E-state index in [9.17, 15) is 18.0 Å². The summed E-state index contributed by atoms with van der Waals surface area (Å²) in [5, 5.41) is 7.30. The van der Waals surface area contributed by atoms with Gasteiger partial charge in [-0.2, -0.15) is 18.3 Å². The van der Waals surface area contributed by atoms with Gasteiger partial charge in [-0.25, -0.2) is 4.68 Å². The molecule has 0 atom stereocenters. The lowest BCUT2D eigenvalue weighted by Gasteiger charge is -2.10. The van der Waals surface area contributed by atoms with Crippen molar-refractivity contribution in [3.63, 3.8) is 0 Å². The number of benzene rings is 2. The van der Waals surface area contributed by atoms with Crippen molar-refractivity contribution < 1.29 is 18.0 Å². The van der Waals surface area contributed by atoms with E-state index in [4.69, 9.17) is 0 Å². The summed E-state index contributed by atoms with van der Waals surface area (Å²) in [5.74, 6) is -0.342. The SMILES string of the molecule is Cc1nn(-c2ccccc2)c(C)c1CNC(=O)Cc1cccc(C(F)(F)F)c1. The molecule has 0 aliphatic rings. The van der Waals surface area contributed by atoms with Crippen LogP contribution in [0.25, 0.3) is 5.69 Å². The lowest BCUT2D eigenvalue weighted by atomic mass is 10.1. The van der Waals surface area contributed by atoms with Crippen LogP contribution in [0.3, 0.4) is 0 Å². The minimum Gasteiger partial charge on any atom is -0.352 e. The van der Waals surface area contributed by atoms with E-state index in [-0.39, 0.29) is 18.9 Å². The van der Waals surface area contributed by atoms with Gasteiger partial charge in [0.15, 0.2) is 0 Å². The number of nitrogens with one attached hydrogen (secondary N) is 1. The van der Waals surface area contributed by atoms with Crippen molar-refractivity contribution in [3.05, 3.63) is 82.7 Å². The minimum absolute atomic E-state index is 0.116. The Morgan fingerprint density at radius 3 is 2.46 bits per heavy atom. The molecule has 0 saturated carbocycles. The maximum absolute atomic E-state index is 12.8. The van der Waals surface area contributed by atoms with Gasteiger partial charge in [-0.3, -0.25) is 4.79 Å². The third-order valence-corrected chi connectivity index (χ3v) is 4.52. The molecule has 1 heterocycles. The lowest BCUT2D eigenvalue weighted by Crippen LogP contribution is -2.25. The van der Waals surface area contributed by atoms with E-state index in [1.165, 1.54) is 12.1 Å². The van der Waals surface area contributed by atoms with Crippen molar-refractivity contribution in [1.82, 2.24) is 15.1 Å². The highest BCUT2D eigenvalue weighted by molar-refractivity contribution is 5.78. The normalized spacial score (nSPS) is 11.5. The Labute approximate surface area is 161 Å². The molecule has 2 aromatic carbocycles. The fourth-order valence-electron chi connectivity index (χ4n) is 3.04. The number of aromatic nitrogens is 2. The molecule has 3 aromatic rings. The van der Waals surface area contributed by atoms with Gasteiger partial charge in [-0.1, -0.05) is 36.4 Å². The smallest absolute Gasteiger partial charge is 0.352 e. The Balaban J connectivity index is 1.68. The molecule has 0 aliphatic carbocycles. The lowest BCUT2D eigenvalue weighted by molar-refractivity contribution is -0.137. The number of amides is 1. The first kappa shape index (κ1) is 19.7. The standard InChI is InChI=1S/C21H20F3N3O/c1-14-19(15(2)27(26-14)18-9-4-3-5-10-18)13-25-20(28)12-16-7-6-8-17(11-16)21(22,23)24/h3-11H,12-13H2,1-2H3,(H,25,28). The Bertz CT molecular complexity index is 978. The summed E-state index contributed by atoms with van der Waals surface area (Å²) in [6, 6.07) is 14.5. The van der Waals surface area contributed by atoms with Crippen LogP contribution >= 0.6 is 0 Å². The molecule has 28 heavy (non-hydrogen) atoms. The van der Waals surface area contributed by atoms with Crippen molar-refractivity contribution in [2.45, 2.75) is 33.0 Å². The van der Waals surface area contributed by atoms with Gasteiger partial charge in [0.05, 0.1) is 23.4 Å². The summed E-state index contributed by atoms with van der Waals surface area (Å²) in [5.41, 5.74) is 3.07. The Kier molecular flexibility index (Phi) is 5.53. The van der Waals surface area contributed by atoms with Crippen molar-refractivity contribution in [3.8, 4) is 5.69 Å². The fourth-order valence-corrected chi connectivity index (χ4v) is 3.04. The van der Waals surface area contributed by atoms with Crippen LogP contribution in [-0.2, 0) is 23.9 Å². The molecule has 1 aromatic heterocycles. The summed E-state index contributed by atoms with van der Waals surface area (Å²) in [4.78, 5) is 12.2. The third-order valence-electron chi connectivity index (χ3n) is 4.52. The molecular weight excluding hydrogens is 367 g/mol. The second-order valence-corrected chi connectivity index (χ2v) is 6.55. The average molecular weight is 387 g/mol. The third kappa shape index (κ3) is 4.42. The highest BCUT2D eigenvalue weighted by Gasteiger charge is 2.30. The molecule has 0 unspecified atom stereocenters. The monoisotopic (exact) mass is 387 g/mol. The first-order valence-corrected chi connectivity index (χ1v) is 8.79. The molecule has 1 N–H and O–H groups in total. The molecule has 0 fully saturated rings. The average Bonchev–Trinajstić information content (AvgIpc) is 2.94. The van der Waals surface area contributed by atoms with Crippen LogP contribution in [0.15, 0.2) is 54.6 Å². The molecule has 7 heteroatoms. The predicted octanol–water partition coefficient (Wildman–Crippen LogP) is 4.37. The number of rotatable bonds is 5. The number of para-hydroxylation sites is 1. The van der Waals surface area contributed by atoms with Crippen LogP contribution in [-0.4, -0.2) is 15.7 Å². The van der Waals surface area contributed by atoms with Crippen molar-refractivity contribution >= 4 is 5.91 Å². The van der Waals surface area contributed by atoms with E-state index in [0.717, 1.165) is 34.8 Å². The van der Waals surface area contributed by atoms with E-state index in [2.05, 4.69) is 10.4 Å². The van der Waals surface area contributed by atoms with Crippen LogP contribution < -0.4 is 5.32 Å². The van der Waals surface area contributed by atoms with Gasteiger partial charge in [-0.05, 0) is 37.6 Å². The van der Waals surface area contributed by atoms with E-state index in [0.29, 0.717) is 5.56 Å². The first-order valence-electron chi connectivity index (χ1n) is 8.79. The topological polar surface area (TPSA) is 46.9 Å². The fraction of sp³-hybridized carbons (Fsp3) is 0.238. The van der Waals surface area contributed by atoms with E-state index >= 15 is 0 Å². The number of halogens is 3. The maximum Gasteiger partial charge on any atom is 0.416 e. The second-order valence-electron chi connectivity index (χ2n) is 6.55. The number of carbonyl (C=O) groups excluding carboxylic acids is 1. The summed E-state index contributed by atoms with van der Waals surface area (Å²) < 4.78 is 40.2. The Morgan fingerprint density at radius 2 is 1.79 bits per heavy atom. The Hall–Kier alpha value is -3.09. The van der Waals surface area contributed by atoms with Crippen molar-refractivity contribution in [2.75, 3.05) is 0 Å². The van der Waals surface area contributed by atoms with Gasteiger partial charge in [0, 0.05) is 17.8 Å². The Morgan fingerprint density at radius 1 is 1.07 bits per heavy atom.